The predicted molar refractivity (Wildman–Crippen MR) is 229 cm³/mol. The fourth-order valence-corrected chi connectivity index (χ4v) is 9.92. The Bertz CT molecular complexity index is 2450. The Balaban J connectivity index is 0.825. The number of carbonyl (C=O) groups excluding carboxylic acids is 1. The van der Waals surface area contributed by atoms with E-state index in [4.69, 9.17) is 19.9 Å². The zero-order chi connectivity index (χ0) is 41.8. The number of rotatable bonds is 11. The number of H-pyrrole nitrogens is 1. The van der Waals surface area contributed by atoms with Crippen LogP contribution in [0, 0.1) is 21.3 Å². The summed E-state index contributed by atoms with van der Waals surface area (Å²) in [5.74, 6) is 1.34. The number of ether oxygens (including phenoxy) is 3. The molecule has 14 nitrogen and oxygen atoms in total. The van der Waals surface area contributed by atoms with Crippen molar-refractivity contribution in [3.05, 3.63) is 99.6 Å². The monoisotopic (exact) mass is 836 g/mol. The number of nitrogens with one attached hydrogen (secondary N) is 2. The predicted octanol–water partition coefficient (Wildman–Crippen LogP) is 7.67. The van der Waals surface area contributed by atoms with Crippen molar-refractivity contribution in [1.29, 1.82) is 0 Å². The fraction of sp³-hybridized carbons (Fsp3) is 0.409. The molecule has 0 atom stereocenters. The summed E-state index contributed by atoms with van der Waals surface area (Å²) in [5, 5.41) is 11.7. The molecule has 4 N–H and O–H groups in total. The maximum Gasteiger partial charge on any atom is 0.293 e. The topological polar surface area (TPSA) is 164 Å². The molecule has 2 aromatic heterocycles. The summed E-state index contributed by atoms with van der Waals surface area (Å²) in [7, 11) is 1.72. The number of halogens is 1. The Morgan fingerprint density at radius 2 is 1.85 bits per heavy atom. The number of hydrogen-bond donors (Lipinski definition) is 3. The Kier molecular flexibility index (Phi) is 10.5. The summed E-state index contributed by atoms with van der Waals surface area (Å²) in [6.07, 6.45) is 7.31. The summed E-state index contributed by atoms with van der Waals surface area (Å²) >= 11 is 0.934. The van der Waals surface area contributed by atoms with Crippen LogP contribution in [0.4, 0.5) is 21.5 Å². The number of piperazine rings is 1. The lowest BCUT2D eigenvalue weighted by Crippen LogP contribution is -2.59. The van der Waals surface area contributed by atoms with Gasteiger partial charge in [-0.2, -0.15) is 0 Å². The minimum atomic E-state index is -0.565. The molecule has 16 heteroatoms. The molecule has 2 saturated heterocycles. The van der Waals surface area contributed by atoms with Crippen LogP contribution in [0.1, 0.15) is 61.0 Å². The Labute approximate surface area is 351 Å². The number of nitro groups is 1. The van der Waals surface area contributed by atoms with Crippen molar-refractivity contribution in [3.63, 3.8) is 0 Å². The molecule has 0 unspecified atom stereocenters. The third kappa shape index (κ3) is 7.79. The number of nitrogens with two attached hydrogens (primary N) is 1. The molecule has 0 bridgehead atoms. The van der Waals surface area contributed by atoms with Crippen LogP contribution in [0.25, 0.3) is 11.0 Å². The molecule has 5 heterocycles. The van der Waals surface area contributed by atoms with E-state index in [1.807, 2.05) is 12.1 Å². The lowest BCUT2D eigenvalue weighted by atomic mass is 9.60. The molecule has 3 aliphatic heterocycles. The first-order chi connectivity index (χ1) is 28.9. The molecule has 0 radical (unpaired) electrons. The van der Waals surface area contributed by atoms with Crippen LogP contribution in [-0.2, 0) is 12.0 Å². The summed E-state index contributed by atoms with van der Waals surface area (Å²) in [5.41, 5.74) is 9.91. The Hall–Kier alpha value is -5.58. The molecule has 5 aromatic rings. The number of pyridine rings is 1. The van der Waals surface area contributed by atoms with Gasteiger partial charge in [0.25, 0.3) is 11.6 Å². The average Bonchev–Trinajstić information content (AvgIpc) is 3.76. The van der Waals surface area contributed by atoms with Crippen LogP contribution in [0.2, 0.25) is 0 Å². The van der Waals surface area contributed by atoms with E-state index in [0.29, 0.717) is 28.6 Å². The number of methoxy groups -OCH3 is 1. The van der Waals surface area contributed by atoms with E-state index in [1.165, 1.54) is 48.5 Å². The van der Waals surface area contributed by atoms with Gasteiger partial charge in [0.05, 0.1) is 35.8 Å². The number of piperidine rings is 1. The number of carbonyl (C=O) groups is 1. The zero-order valence-electron chi connectivity index (χ0n) is 34.0. The molecule has 4 aliphatic rings. The number of nitro benzene ring substituents is 1. The van der Waals surface area contributed by atoms with Crippen LogP contribution in [0.3, 0.4) is 0 Å². The van der Waals surface area contributed by atoms with Gasteiger partial charge in [0.1, 0.15) is 28.7 Å². The molecular formula is C44H49FN8O6S. The van der Waals surface area contributed by atoms with Gasteiger partial charge in [-0.1, -0.05) is 13.8 Å². The standard InChI is InChI=1S/C44H49FN8O6S/c1-43(2)26-58-40-34(43)16-27(17-39(40)57-3)25-50-12-14-52(15-13-50)29-21-44(22-29)8-10-51(11-9-44)28-4-6-32(42(54)49-60-31-5-7-36(46)37(20-31)53(55)56)38(18-28)59-30-19-33-35(45)24-48-41(33)47-23-30/h4-7,16-20,23-24,29H,8-15,21-22,25-26,46H2,1-3H3,(H,47,48)(H,49,54). The van der Waals surface area contributed by atoms with E-state index in [-0.39, 0.29) is 39.2 Å². The van der Waals surface area contributed by atoms with Crippen LogP contribution in [0.5, 0.6) is 23.0 Å². The summed E-state index contributed by atoms with van der Waals surface area (Å²) in [4.78, 5) is 39.6. The van der Waals surface area contributed by atoms with E-state index in [0.717, 1.165) is 87.8 Å². The molecular weight excluding hydrogens is 788 g/mol. The molecule has 1 aliphatic carbocycles. The highest BCUT2D eigenvalue weighted by molar-refractivity contribution is 7.98. The number of aromatic amines is 1. The maximum atomic E-state index is 14.5. The minimum absolute atomic E-state index is 0.0243. The van der Waals surface area contributed by atoms with E-state index in [9.17, 15) is 19.3 Å². The highest BCUT2D eigenvalue weighted by Crippen LogP contribution is 2.52. The van der Waals surface area contributed by atoms with Gasteiger partial charge in [-0.15, -0.1) is 0 Å². The normalized spacial score (nSPS) is 18.8. The number of amides is 1. The molecule has 1 amide bonds. The van der Waals surface area contributed by atoms with Crippen molar-refractivity contribution >= 4 is 46.0 Å². The number of hydrogen-bond acceptors (Lipinski definition) is 12. The highest BCUT2D eigenvalue weighted by atomic mass is 32.2. The van der Waals surface area contributed by atoms with Crippen molar-refractivity contribution < 1.29 is 28.3 Å². The SMILES string of the molecule is COc1cc(CN2CCN(C3CC4(CCN(c5ccc(C(=O)NSc6ccc(N)c([N+](=O)[O-])c6)c(Oc6cnc7[nH]cc(F)c7c6)c5)CC4)C3)CC2)cc2c1OCC2(C)C. The first kappa shape index (κ1) is 39.9. The van der Waals surface area contributed by atoms with Gasteiger partial charge in [0.15, 0.2) is 11.5 Å². The minimum Gasteiger partial charge on any atom is -0.493 e. The number of nitrogens with zero attached hydrogens (tertiary/aromatic N) is 5. The van der Waals surface area contributed by atoms with Gasteiger partial charge in [0.2, 0.25) is 0 Å². The second-order valence-electron chi connectivity index (χ2n) is 17.2. The smallest absolute Gasteiger partial charge is 0.293 e. The molecule has 3 aromatic carbocycles. The van der Waals surface area contributed by atoms with Crippen molar-refractivity contribution in [1.82, 2.24) is 24.5 Å². The molecule has 3 fully saturated rings. The number of benzene rings is 3. The number of nitrogen functional groups attached to an aromatic ring is 1. The van der Waals surface area contributed by atoms with Gasteiger partial charge in [0, 0.05) is 91.7 Å². The van der Waals surface area contributed by atoms with Gasteiger partial charge >= 0.3 is 0 Å². The fourth-order valence-electron chi connectivity index (χ4n) is 9.29. The lowest BCUT2D eigenvalue weighted by molar-refractivity contribution is -0.384. The van der Waals surface area contributed by atoms with Crippen molar-refractivity contribution in [3.8, 4) is 23.0 Å². The largest absolute Gasteiger partial charge is 0.493 e. The zero-order valence-corrected chi connectivity index (χ0v) is 34.8. The molecule has 9 rings (SSSR count). The number of aromatic nitrogens is 2. The summed E-state index contributed by atoms with van der Waals surface area (Å²) < 4.78 is 35.2. The van der Waals surface area contributed by atoms with Crippen LogP contribution in [0.15, 0.2) is 71.9 Å². The van der Waals surface area contributed by atoms with E-state index >= 15 is 0 Å². The first-order valence-electron chi connectivity index (χ1n) is 20.4. The van der Waals surface area contributed by atoms with E-state index < -0.39 is 16.6 Å². The number of anilines is 2. The second kappa shape index (κ2) is 15.8. The van der Waals surface area contributed by atoms with Crippen LogP contribution in [-0.4, -0.2) is 89.6 Å². The van der Waals surface area contributed by atoms with E-state index in [1.54, 1.807) is 25.3 Å². The molecule has 60 heavy (non-hydrogen) atoms. The van der Waals surface area contributed by atoms with Crippen LogP contribution < -0.4 is 29.6 Å². The van der Waals surface area contributed by atoms with Crippen molar-refractivity contribution in [2.75, 3.05) is 63.6 Å². The van der Waals surface area contributed by atoms with Gasteiger partial charge < -0.3 is 29.8 Å². The first-order valence-corrected chi connectivity index (χ1v) is 21.2. The third-order valence-corrected chi connectivity index (χ3v) is 13.6. The van der Waals surface area contributed by atoms with Crippen molar-refractivity contribution in [2.45, 2.75) is 62.4 Å². The average molecular weight is 837 g/mol. The van der Waals surface area contributed by atoms with Gasteiger partial charge in [-0.25, -0.2) is 9.37 Å². The third-order valence-electron chi connectivity index (χ3n) is 12.9. The second-order valence-corrected chi connectivity index (χ2v) is 18.1. The number of fused-ring (bicyclic) bond motifs is 2. The van der Waals surface area contributed by atoms with Crippen LogP contribution >= 0.6 is 11.9 Å². The quantitative estimate of drug-likeness (QED) is 0.0516. The highest BCUT2D eigenvalue weighted by Gasteiger charge is 2.48. The molecule has 1 spiro atoms. The van der Waals surface area contributed by atoms with E-state index in [2.05, 4.69) is 55.4 Å². The van der Waals surface area contributed by atoms with Gasteiger partial charge in [-0.05, 0) is 91.1 Å². The summed E-state index contributed by atoms with van der Waals surface area (Å²) in [6.45, 7) is 12.0. The van der Waals surface area contributed by atoms with Gasteiger partial charge in [-0.3, -0.25) is 29.4 Å². The Morgan fingerprint density at radius 1 is 1.07 bits per heavy atom. The summed E-state index contributed by atoms with van der Waals surface area (Å²) in [6, 6.07) is 16.4. The lowest BCUT2D eigenvalue weighted by Gasteiger charge is -2.56. The molecule has 1 saturated carbocycles. The maximum absolute atomic E-state index is 14.5. The molecule has 314 valence electrons. The van der Waals surface area contributed by atoms with Crippen molar-refractivity contribution in [2.24, 2.45) is 5.41 Å². The Morgan fingerprint density at radius 3 is 2.60 bits per heavy atom.